The Bertz CT molecular complexity index is 693. The molecule has 4 nitrogen and oxygen atoms in total. The van der Waals surface area contributed by atoms with Gasteiger partial charge in [0.1, 0.15) is 0 Å². The number of rotatable bonds is 8. The smallest absolute Gasteiger partial charge is 0.161 e. The summed E-state index contributed by atoms with van der Waals surface area (Å²) in [6.07, 6.45) is 7.37. The molecular weight excluding hydrogens is 302 g/mol. The van der Waals surface area contributed by atoms with Crippen molar-refractivity contribution in [3.8, 4) is 11.5 Å². The molecule has 0 unspecified atom stereocenters. The maximum absolute atomic E-state index is 9.58. The third-order valence-electron chi connectivity index (χ3n) is 3.79. The van der Waals surface area contributed by atoms with Crippen LogP contribution in [-0.2, 0) is 6.42 Å². The lowest BCUT2D eigenvalue weighted by atomic mass is 10.0. The number of hydrogen-bond acceptors (Lipinski definition) is 4. The summed E-state index contributed by atoms with van der Waals surface area (Å²) < 4.78 is 5.08. The van der Waals surface area contributed by atoms with Gasteiger partial charge in [-0.1, -0.05) is 47.6 Å². The standard InChI is InChI=1S/C20H23NO3/c1-24-20-15-17(12-14-19(20)22)11-13-18(21-23)10-6-5-9-16-7-3-2-4-8-16/h2-4,7-8,11-15,22-23H,5-6,9-10H2,1H3. The van der Waals surface area contributed by atoms with Crippen molar-refractivity contribution in [1.82, 2.24) is 0 Å². The molecule has 0 atom stereocenters. The van der Waals surface area contributed by atoms with Crippen LogP contribution in [0.15, 0.2) is 59.8 Å². The van der Waals surface area contributed by atoms with Gasteiger partial charge in [0, 0.05) is 0 Å². The van der Waals surface area contributed by atoms with Gasteiger partial charge in [0.15, 0.2) is 11.5 Å². The van der Waals surface area contributed by atoms with Crippen molar-refractivity contribution in [3.05, 3.63) is 65.7 Å². The lowest BCUT2D eigenvalue weighted by Crippen LogP contribution is -1.95. The highest BCUT2D eigenvalue weighted by molar-refractivity contribution is 5.97. The Labute approximate surface area is 142 Å². The first kappa shape index (κ1) is 17.6. The third kappa shape index (κ3) is 5.47. The first-order valence-corrected chi connectivity index (χ1v) is 8.03. The van der Waals surface area contributed by atoms with E-state index in [1.807, 2.05) is 24.3 Å². The zero-order valence-electron chi connectivity index (χ0n) is 13.9. The number of benzene rings is 2. The lowest BCUT2D eigenvalue weighted by molar-refractivity contribution is 0.318. The normalized spacial score (nSPS) is 11.8. The fourth-order valence-electron chi connectivity index (χ4n) is 2.44. The Balaban J connectivity index is 1.83. The Morgan fingerprint density at radius 1 is 1.12 bits per heavy atom. The van der Waals surface area contributed by atoms with Gasteiger partial charge < -0.3 is 15.1 Å². The number of allylic oxidation sites excluding steroid dienone is 1. The van der Waals surface area contributed by atoms with E-state index >= 15 is 0 Å². The summed E-state index contributed by atoms with van der Waals surface area (Å²) in [6, 6.07) is 15.4. The second kappa shape index (κ2) is 9.40. The van der Waals surface area contributed by atoms with E-state index in [0.29, 0.717) is 11.5 Å². The highest BCUT2D eigenvalue weighted by atomic mass is 16.5. The highest BCUT2D eigenvalue weighted by Gasteiger charge is 2.02. The number of ether oxygens (including phenoxy) is 1. The number of hydrogen-bond donors (Lipinski definition) is 2. The SMILES string of the molecule is COc1cc(C=CC(CCCCc2ccccc2)=NO)ccc1O. The van der Waals surface area contributed by atoms with Crippen molar-refractivity contribution in [2.24, 2.45) is 5.16 Å². The number of oxime groups is 1. The van der Waals surface area contributed by atoms with Gasteiger partial charge in [0.25, 0.3) is 0 Å². The summed E-state index contributed by atoms with van der Waals surface area (Å²) in [6.45, 7) is 0. The Morgan fingerprint density at radius 3 is 2.62 bits per heavy atom. The average molecular weight is 325 g/mol. The Morgan fingerprint density at radius 2 is 1.92 bits per heavy atom. The molecule has 2 aromatic rings. The minimum absolute atomic E-state index is 0.103. The van der Waals surface area contributed by atoms with Crippen LogP contribution in [0.25, 0.3) is 6.08 Å². The van der Waals surface area contributed by atoms with E-state index in [9.17, 15) is 5.11 Å². The molecule has 24 heavy (non-hydrogen) atoms. The van der Waals surface area contributed by atoms with E-state index in [-0.39, 0.29) is 5.75 Å². The molecule has 0 saturated heterocycles. The number of aromatic hydroxyl groups is 1. The van der Waals surface area contributed by atoms with Crippen LogP contribution in [0, 0.1) is 0 Å². The van der Waals surface area contributed by atoms with E-state index in [0.717, 1.165) is 31.2 Å². The minimum atomic E-state index is 0.103. The van der Waals surface area contributed by atoms with Gasteiger partial charge in [-0.15, -0.1) is 0 Å². The predicted octanol–water partition coefficient (Wildman–Crippen LogP) is 4.66. The number of phenols is 1. The van der Waals surface area contributed by atoms with Crippen LogP contribution in [0.3, 0.4) is 0 Å². The number of unbranched alkanes of at least 4 members (excludes halogenated alkanes) is 1. The molecule has 0 aliphatic carbocycles. The second-order valence-electron chi connectivity index (χ2n) is 5.55. The third-order valence-corrected chi connectivity index (χ3v) is 3.79. The lowest BCUT2D eigenvalue weighted by Gasteiger charge is -2.04. The van der Waals surface area contributed by atoms with Gasteiger partial charge in [0.2, 0.25) is 0 Å². The first-order valence-electron chi connectivity index (χ1n) is 8.03. The first-order chi connectivity index (χ1) is 11.7. The van der Waals surface area contributed by atoms with Gasteiger partial charge in [0.05, 0.1) is 12.8 Å². The van der Waals surface area contributed by atoms with Gasteiger partial charge in [-0.25, -0.2) is 0 Å². The highest BCUT2D eigenvalue weighted by Crippen LogP contribution is 2.26. The van der Waals surface area contributed by atoms with Gasteiger partial charge in [-0.2, -0.15) is 0 Å². The van der Waals surface area contributed by atoms with Crippen LogP contribution in [0.5, 0.6) is 11.5 Å². The second-order valence-corrected chi connectivity index (χ2v) is 5.55. The molecule has 2 aromatic carbocycles. The number of phenolic OH excluding ortho intramolecular Hbond substituents is 1. The van der Waals surface area contributed by atoms with Crippen molar-refractivity contribution in [2.75, 3.05) is 7.11 Å². The molecule has 0 bridgehead atoms. The largest absolute Gasteiger partial charge is 0.504 e. The number of aryl methyl sites for hydroxylation is 1. The molecule has 0 radical (unpaired) electrons. The topological polar surface area (TPSA) is 62.0 Å². The molecule has 2 rings (SSSR count). The fraction of sp³-hybridized carbons (Fsp3) is 0.250. The van der Waals surface area contributed by atoms with Crippen molar-refractivity contribution in [1.29, 1.82) is 0 Å². The maximum Gasteiger partial charge on any atom is 0.161 e. The van der Waals surface area contributed by atoms with Crippen molar-refractivity contribution < 1.29 is 15.1 Å². The van der Waals surface area contributed by atoms with E-state index in [1.54, 1.807) is 24.3 Å². The summed E-state index contributed by atoms with van der Waals surface area (Å²) in [5, 5.41) is 22.1. The van der Waals surface area contributed by atoms with Crippen molar-refractivity contribution in [2.45, 2.75) is 25.7 Å². The zero-order valence-corrected chi connectivity index (χ0v) is 13.9. The van der Waals surface area contributed by atoms with Crippen molar-refractivity contribution in [3.63, 3.8) is 0 Å². The van der Waals surface area contributed by atoms with Crippen LogP contribution in [0.1, 0.15) is 30.4 Å². The molecule has 0 aliphatic rings. The van der Waals surface area contributed by atoms with Gasteiger partial charge in [-0.05, 0) is 55.0 Å². The van der Waals surface area contributed by atoms with Gasteiger partial charge in [-0.3, -0.25) is 0 Å². The summed E-state index contributed by atoms with van der Waals surface area (Å²) >= 11 is 0. The summed E-state index contributed by atoms with van der Waals surface area (Å²) in [4.78, 5) is 0. The molecule has 0 aromatic heterocycles. The van der Waals surface area contributed by atoms with E-state index in [4.69, 9.17) is 9.94 Å². The fourth-order valence-corrected chi connectivity index (χ4v) is 2.44. The van der Waals surface area contributed by atoms with Crippen LogP contribution in [0.4, 0.5) is 0 Å². The number of nitrogens with zero attached hydrogens (tertiary/aromatic N) is 1. The van der Waals surface area contributed by atoms with Gasteiger partial charge >= 0.3 is 0 Å². The van der Waals surface area contributed by atoms with Crippen LogP contribution < -0.4 is 4.74 Å². The summed E-state index contributed by atoms with van der Waals surface area (Å²) in [5.74, 6) is 0.522. The minimum Gasteiger partial charge on any atom is -0.504 e. The molecule has 4 heteroatoms. The molecule has 0 fully saturated rings. The summed E-state index contributed by atoms with van der Waals surface area (Å²) in [7, 11) is 1.51. The monoisotopic (exact) mass is 325 g/mol. The van der Waals surface area contributed by atoms with E-state index < -0.39 is 0 Å². The van der Waals surface area contributed by atoms with Crippen LogP contribution >= 0.6 is 0 Å². The van der Waals surface area contributed by atoms with Crippen LogP contribution in [0.2, 0.25) is 0 Å². The molecule has 0 heterocycles. The molecule has 0 spiro atoms. The molecule has 0 saturated carbocycles. The molecule has 0 aliphatic heterocycles. The maximum atomic E-state index is 9.58. The zero-order chi connectivity index (χ0) is 17.2. The molecule has 126 valence electrons. The quantitative estimate of drug-likeness (QED) is 0.321. The molecular formula is C20H23NO3. The Kier molecular flexibility index (Phi) is 6.90. The predicted molar refractivity (Wildman–Crippen MR) is 96.9 cm³/mol. The molecule has 0 amide bonds. The van der Waals surface area contributed by atoms with E-state index in [1.165, 1.54) is 12.7 Å². The van der Waals surface area contributed by atoms with E-state index in [2.05, 4.69) is 17.3 Å². The number of methoxy groups -OCH3 is 1. The van der Waals surface area contributed by atoms with Crippen molar-refractivity contribution >= 4 is 11.8 Å². The Hall–Kier alpha value is -2.75. The summed E-state index contributed by atoms with van der Waals surface area (Å²) in [5.41, 5.74) is 2.83. The molecule has 2 N–H and O–H groups in total. The van der Waals surface area contributed by atoms with Crippen LogP contribution in [-0.4, -0.2) is 23.1 Å². The average Bonchev–Trinajstić information content (AvgIpc) is 2.63.